The van der Waals surface area contributed by atoms with E-state index in [0.29, 0.717) is 69.0 Å². The maximum Gasteiger partial charge on any atom is 0.259 e. The van der Waals surface area contributed by atoms with Crippen LogP contribution in [0.2, 0.25) is 0 Å². The number of hydrogen-bond donors (Lipinski definition) is 1. The lowest BCUT2D eigenvalue weighted by atomic mass is 9.93. The van der Waals surface area contributed by atoms with E-state index in [4.69, 9.17) is 9.47 Å². The lowest BCUT2D eigenvalue weighted by Gasteiger charge is -2.31. The van der Waals surface area contributed by atoms with E-state index in [2.05, 4.69) is 31.1 Å². The quantitative estimate of drug-likeness (QED) is 0.682. The second-order valence-corrected chi connectivity index (χ2v) is 11.8. The molecule has 11 heteroatoms. The van der Waals surface area contributed by atoms with Crippen LogP contribution in [0.4, 0.5) is 10.8 Å². The molecule has 0 saturated carbocycles. The van der Waals surface area contributed by atoms with Crippen LogP contribution in [0.1, 0.15) is 36.8 Å². The van der Waals surface area contributed by atoms with Crippen molar-refractivity contribution in [1.29, 1.82) is 0 Å². The molecule has 1 aromatic heterocycles. The Morgan fingerprint density at radius 3 is 2.30 bits per heavy atom. The van der Waals surface area contributed by atoms with Crippen LogP contribution >= 0.6 is 11.3 Å². The van der Waals surface area contributed by atoms with E-state index >= 15 is 0 Å². The molecule has 2 saturated heterocycles. The van der Waals surface area contributed by atoms with Crippen molar-refractivity contribution in [2.75, 3.05) is 62.8 Å². The van der Waals surface area contributed by atoms with Crippen LogP contribution < -0.4 is 10.2 Å². The zero-order chi connectivity index (χ0) is 23.6. The van der Waals surface area contributed by atoms with Crippen molar-refractivity contribution in [1.82, 2.24) is 9.29 Å². The Labute approximate surface area is 198 Å². The highest BCUT2D eigenvalue weighted by molar-refractivity contribution is 7.89. The van der Waals surface area contributed by atoms with Gasteiger partial charge in [0, 0.05) is 42.7 Å². The van der Waals surface area contributed by atoms with Gasteiger partial charge in [0.15, 0.2) is 5.13 Å². The van der Waals surface area contributed by atoms with Gasteiger partial charge in [-0.1, -0.05) is 20.8 Å². The van der Waals surface area contributed by atoms with Gasteiger partial charge in [0.2, 0.25) is 10.0 Å². The number of nitrogens with zero attached hydrogens (tertiary/aromatic N) is 3. The number of sulfonamides is 1. The second-order valence-electron chi connectivity index (χ2n) is 9.04. The van der Waals surface area contributed by atoms with Crippen molar-refractivity contribution < 1.29 is 22.7 Å². The molecule has 2 fully saturated rings. The van der Waals surface area contributed by atoms with E-state index in [9.17, 15) is 13.2 Å². The second kappa shape index (κ2) is 9.67. The summed E-state index contributed by atoms with van der Waals surface area (Å²) in [6.07, 6.45) is 0. The lowest BCUT2D eigenvalue weighted by Crippen LogP contribution is -2.41. The molecular formula is C22H30N4O5S2. The molecule has 1 N–H and O–H groups in total. The van der Waals surface area contributed by atoms with Gasteiger partial charge in [0.05, 0.1) is 42.6 Å². The average molecular weight is 495 g/mol. The zero-order valence-corrected chi connectivity index (χ0v) is 20.8. The topological polar surface area (TPSA) is 101 Å². The summed E-state index contributed by atoms with van der Waals surface area (Å²) in [6, 6.07) is 4.77. The molecule has 4 rings (SSSR count). The smallest absolute Gasteiger partial charge is 0.259 e. The third kappa shape index (κ3) is 5.38. The molecule has 1 amide bonds. The van der Waals surface area contributed by atoms with E-state index in [1.54, 1.807) is 12.1 Å². The summed E-state index contributed by atoms with van der Waals surface area (Å²) in [5.41, 5.74) is 1.74. The highest BCUT2D eigenvalue weighted by atomic mass is 32.2. The minimum atomic E-state index is -3.74. The van der Waals surface area contributed by atoms with Gasteiger partial charge in [0.25, 0.3) is 5.91 Å². The Hall–Kier alpha value is -2.05. The highest BCUT2D eigenvalue weighted by Crippen LogP contribution is 2.30. The molecule has 33 heavy (non-hydrogen) atoms. The molecule has 0 spiro atoms. The predicted octanol–water partition coefficient (Wildman–Crippen LogP) is 2.55. The van der Waals surface area contributed by atoms with Crippen LogP contribution in [0, 0.1) is 0 Å². The van der Waals surface area contributed by atoms with Crippen LogP contribution in [0.15, 0.2) is 28.5 Å². The monoisotopic (exact) mass is 494 g/mol. The average Bonchev–Trinajstić information content (AvgIpc) is 3.29. The first kappa shape index (κ1) is 24.1. The molecule has 2 aliphatic heterocycles. The van der Waals surface area contributed by atoms with Crippen LogP contribution in [0.5, 0.6) is 0 Å². The van der Waals surface area contributed by atoms with Crippen LogP contribution in [-0.4, -0.2) is 76.2 Å². The van der Waals surface area contributed by atoms with Gasteiger partial charge < -0.3 is 14.4 Å². The number of ether oxygens (including phenoxy) is 2. The maximum atomic E-state index is 13.4. The summed E-state index contributed by atoms with van der Waals surface area (Å²) in [5.74, 6) is -0.384. The van der Waals surface area contributed by atoms with Crippen LogP contribution in [0.25, 0.3) is 0 Å². The predicted molar refractivity (Wildman–Crippen MR) is 128 cm³/mol. The number of anilines is 2. The summed E-state index contributed by atoms with van der Waals surface area (Å²) in [4.78, 5) is 20.1. The fourth-order valence-corrected chi connectivity index (χ4v) is 6.08. The number of carbonyl (C=O) groups excluding carboxylic acids is 1. The Balaban J connectivity index is 1.67. The first-order chi connectivity index (χ1) is 15.7. The molecule has 0 atom stereocenters. The minimum absolute atomic E-state index is 0.0982. The fraction of sp³-hybridized carbons (Fsp3) is 0.545. The number of aromatic nitrogens is 1. The van der Waals surface area contributed by atoms with E-state index in [1.165, 1.54) is 21.7 Å². The molecule has 0 aliphatic carbocycles. The van der Waals surface area contributed by atoms with Crippen molar-refractivity contribution in [3.05, 3.63) is 34.8 Å². The van der Waals surface area contributed by atoms with Gasteiger partial charge in [-0.25, -0.2) is 13.4 Å². The van der Waals surface area contributed by atoms with E-state index in [-0.39, 0.29) is 16.2 Å². The molecule has 0 unspecified atom stereocenters. The molecule has 1 aromatic carbocycles. The summed E-state index contributed by atoms with van der Waals surface area (Å²) in [6.45, 7) is 9.85. The number of amides is 1. The third-order valence-electron chi connectivity index (χ3n) is 5.67. The molecule has 0 radical (unpaired) electrons. The van der Waals surface area contributed by atoms with Gasteiger partial charge in [0.1, 0.15) is 0 Å². The summed E-state index contributed by atoms with van der Waals surface area (Å²) >= 11 is 1.36. The first-order valence-corrected chi connectivity index (χ1v) is 13.3. The standard InChI is InChI=1S/C22H30N4O5S2/c1-22(2,3)19-15-32-21(23-19)24-20(27)17-14-16(33(28,29)26-8-12-31-13-9-26)4-5-18(17)25-6-10-30-11-7-25/h4-5,14-15H,6-13H2,1-3H3,(H,23,24,27). The van der Waals surface area contributed by atoms with Crippen LogP contribution in [-0.2, 0) is 24.9 Å². The number of thiazole rings is 1. The number of carbonyl (C=O) groups is 1. The number of rotatable bonds is 5. The van der Waals surface area contributed by atoms with Gasteiger partial charge in [-0.2, -0.15) is 4.31 Å². The Morgan fingerprint density at radius 1 is 1.06 bits per heavy atom. The molecule has 2 aliphatic rings. The number of benzene rings is 1. The zero-order valence-electron chi connectivity index (χ0n) is 19.2. The molecule has 180 valence electrons. The SMILES string of the molecule is CC(C)(C)c1csc(NC(=O)c2cc(S(=O)(=O)N3CCOCC3)ccc2N2CCOCC2)n1. The third-order valence-corrected chi connectivity index (χ3v) is 8.32. The molecule has 9 nitrogen and oxygen atoms in total. The summed E-state index contributed by atoms with van der Waals surface area (Å²) in [5, 5.41) is 5.28. The fourth-order valence-electron chi connectivity index (χ4n) is 3.71. The van der Waals surface area contributed by atoms with Crippen molar-refractivity contribution in [2.24, 2.45) is 0 Å². The number of hydrogen-bond acceptors (Lipinski definition) is 8. The van der Waals surface area contributed by atoms with E-state index in [1.807, 2.05) is 10.3 Å². The lowest BCUT2D eigenvalue weighted by molar-refractivity contribution is 0.0730. The van der Waals surface area contributed by atoms with E-state index < -0.39 is 10.0 Å². The van der Waals surface area contributed by atoms with Gasteiger partial charge in [-0.3, -0.25) is 10.1 Å². The largest absolute Gasteiger partial charge is 0.379 e. The Bertz CT molecular complexity index is 1100. The molecule has 2 aromatic rings. The molecule has 0 bridgehead atoms. The summed E-state index contributed by atoms with van der Waals surface area (Å²) < 4.78 is 38.6. The van der Waals surface area contributed by atoms with Crippen molar-refractivity contribution in [3.8, 4) is 0 Å². The van der Waals surface area contributed by atoms with Crippen molar-refractivity contribution in [3.63, 3.8) is 0 Å². The Morgan fingerprint density at radius 2 is 1.70 bits per heavy atom. The maximum absolute atomic E-state index is 13.4. The minimum Gasteiger partial charge on any atom is -0.379 e. The van der Waals surface area contributed by atoms with Crippen molar-refractivity contribution >= 4 is 38.1 Å². The van der Waals surface area contributed by atoms with E-state index in [0.717, 1.165) is 5.69 Å². The van der Waals surface area contributed by atoms with Gasteiger partial charge >= 0.3 is 0 Å². The molecule has 3 heterocycles. The number of morpholine rings is 2. The normalized spacial score (nSPS) is 18.3. The van der Waals surface area contributed by atoms with Crippen molar-refractivity contribution in [2.45, 2.75) is 31.1 Å². The van der Waals surface area contributed by atoms with Gasteiger partial charge in [-0.15, -0.1) is 11.3 Å². The Kier molecular flexibility index (Phi) is 7.06. The van der Waals surface area contributed by atoms with Gasteiger partial charge in [-0.05, 0) is 18.2 Å². The highest BCUT2D eigenvalue weighted by Gasteiger charge is 2.29. The summed E-state index contributed by atoms with van der Waals surface area (Å²) in [7, 11) is -3.74. The molecular weight excluding hydrogens is 464 g/mol. The number of nitrogens with one attached hydrogen (secondary N) is 1. The first-order valence-electron chi connectivity index (χ1n) is 11.0. The van der Waals surface area contributed by atoms with Crippen LogP contribution in [0.3, 0.4) is 0 Å².